The van der Waals surface area contributed by atoms with Crippen LogP contribution in [0.4, 0.5) is 0 Å². The molecule has 0 aliphatic rings. The first-order valence-electron chi connectivity index (χ1n) is 9.13. The van der Waals surface area contributed by atoms with Crippen LogP contribution < -0.4 is 4.74 Å². The van der Waals surface area contributed by atoms with Crippen LogP contribution in [-0.2, 0) is 10.9 Å². The zero-order chi connectivity index (χ0) is 20.1. The molecule has 0 fully saturated rings. The van der Waals surface area contributed by atoms with Crippen molar-refractivity contribution in [2.75, 3.05) is 0 Å². The number of carbonyl (C=O) groups excluding carboxylic acids is 1. The molecule has 0 amide bonds. The first kappa shape index (κ1) is 19.7. The molecule has 29 heavy (non-hydrogen) atoms. The molecule has 0 heterocycles. The highest BCUT2D eigenvalue weighted by molar-refractivity contribution is 14.1. The average molecular weight is 509 g/mol. The fraction of sp³-hybridized carbons (Fsp3) is 0. The average Bonchev–Trinajstić information content (AvgIpc) is 2.76. The van der Waals surface area contributed by atoms with E-state index in [-0.39, 0.29) is 16.9 Å². The Morgan fingerprint density at radius 3 is 1.76 bits per heavy atom. The molecule has 0 aliphatic carbocycles. The Balaban J connectivity index is 1.61. The van der Waals surface area contributed by atoms with Crippen molar-refractivity contribution < 1.29 is 9.53 Å². The smallest absolute Gasteiger partial charge is 0.343 e. The Morgan fingerprint density at radius 1 is 0.655 bits per heavy atom. The lowest BCUT2D eigenvalue weighted by molar-refractivity contribution is 0.0734. The fourth-order valence-electron chi connectivity index (χ4n) is 2.94. The third kappa shape index (κ3) is 4.89. The minimum absolute atomic E-state index is 0.230. The van der Waals surface area contributed by atoms with Gasteiger partial charge in [-0.2, -0.15) is 0 Å². The molecule has 0 saturated carbocycles. The Morgan fingerprint density at radius 2 is 1.21 bits per heavy atom. The van der Waals surface area contributed by atoms with Gasteiger partial charge in [0, 0.05) is 3.57 Å². The van der Waals surface area contributed by atoms with Crippen LogP contribution in [0.5, 0.6) is 5.75 Å². The van der Waals surface area contributed by atoms with Gasteiger partial charge in [0.15, 0.2) is 14.7 Å². The van der Waals surface area contributed by atoms with Crippen molar-refractivity contribution in [1.82, 2.24) is 0 Å². The normalized spacial score (nSPS) is 10.7. The molecule has 0 radical (unpaired) electrons. The van der Waals surface area contributed by atoms with Gasteiger partial charge in [0.1, 0.15) is 5.75 Å². The van der Waals surface area contributed by atoms with Crippen molar-refractivity contribution in [2.24, 2.45) is 0 Å². The number of benzene rings is 4. The summed E-state index contributed by atoms with van der Waals surface area (Å²) in [6.45, 7) is 0. The lowest BCUT2D eigenvalue weighted by Gasteiger charge is -2.09. The lowest BCUT2D eigenvalue weighted by Crippen LogP contribution is -2.09. The Labute approximate surface area is 187 Å². The molecule has 0 aromatic heterocycles. The molecule has 0 N–H and O–H groups in total. The monoisotopic (exact) mass is 509 g/mol. The van der Waals surface area contributed by atoms with Crippen LogP contribution in [0.2, 0.25) is 0 Å². The quantitative estimate of drug-likeness (QED) is 0.131. The van der Waals surface area contributed by atoms with Gasteiger partial charge in [-0.3, -0.25) is 0 Å². The number of esters is 1. The summed E-state index contributed by atoms with van der Waals surface area (Å²) in [5.74, 6) is 0.206. The van der Waals surface area contributed by atoms with Crippen molar-refractivity contribution in [1.29, 1.82) is 0 Å². The van der Waals surface area contributed by atoms with Crippen molar-refractivity contribution in [3.8, 4) is 5.75 Å². The summed E-state index contributed by atoms with van der Waals surface area (Å²) >= 11 is 2.20. The summed E-state index contributed by atoms with van der Waals surface area (Å²) in [5, 5.41) is 0. The molecular formula is C25H18IO2S+. The molecule has 4 heteroatoms. The molecule has 4 aromatic rings. The maximum atomic E-state index is 12.5. The second-order valence-electron chi connectivity index (χ2n) is 6.30. The molecule has 0 bridgehead atoms. The molecule has 4 aromatic carbocycles. The van der Waals surface area contributed by atoms with Crippen LogP contribution in [-0.4, -0.2) is 5.97 Å². The second-order valence-corrected chi connectivity index (χ2v) is 9.58. The van der Waals surface area contributed by atoms with Crippen molar-refractivity contribution >= 4 is 39.5 Å². The molecule has 0 saturated heterocycles. The van der Waals surface area contributed by atoms with Gasteiger partial charge in [0.2, 0.25) is 0 Å². The molecular weight excluding hydrogens is 491 g/mol. The first-order valence-corrected chi connectivity index (χ1v) is 11.4. The van der Waals surface area contributed by atoms with Gasteiger partial charge in [0.25, 0.3) is 0 Å². The van der Waals surface area contributed by atoms with Crippen LogP contribution in [0.1, 0.15) is 10.4 Å². The number of ether oxygens (including phenoxy) is 1. The van der Waals surface area contributed by atoms with E-state index < -0.39 is 0 Å². The Hall–Kier alpha value is -2.57. The summed E-state index contributed by atoms with van der Waals surface area (Å²) in [5.41, 5.74) is 0.539. The van der Waals surface area contributed by atoms with E-state index in [0.717, 1.165) is 8.47 Å². The van der Waals surface area contributed by atoms with Crippen molar-refractivity contribution in [3.63, 3.8) is 0 Å². The summed E-state index contributed by atoms with van der Waals surface area (Å²) in [7, 11) is -0.230. The number of hydrogen-bond acceptors (Lipinski definition) is 2. The SMILES string of the molecule is O=C(Oc1cccc(I)c1)c1ccc([S+](c2ccccc2)c2ccccc2)cc1. The third-order valence-corrected chi connectivity index (χ3v) is 7.19. The molecule has 142 valence electrons. The standard InChI is InChI=1S/C25H18IO2S/c26-20-8-7-9-21(18-20)28-25(27)19-14-16-24(17-15-19)29(22-10-3-1-4-11-22)23-12-5-2-6-13-23/h1-18H/q+1. The maximum absolute atomic E-state index is 12.5. The zero-order valence-electron chi connectivity index (χ0n) is 15.5. The van der Waals surface area contributed by atoms with Crippen molar-refractivity contribution in [2.45, 2.75) is 14.7 Å². The van der Waals surface area contributed by atoms with E-state index in [0.29, 0.717) is 11.3 Å². The first-order chi connectivity index (χ1) is 14.2. The van der Waals surface area contributed by atoms with Crippen LogP contribution in [0.15, 0.2) is 124 Å². The molecule has 0 spiro atoms. The van der Waals surface area contributed by atoms with Crippen molar-refractivity contribution in [3.05, 3.63) is 118 Å². The molecule has 2 nitrogen and oxygen atoms in total. The highest BCUT2D eigenvalue weighted by Crippen LogP contribution is 2.31. The van der Waals surface area contributed by atoms with E-state index in [1.165, 1.54) is 9.79 Å². The predicted molar refractivity (Wildman–Crippen MR) is 126 cm³/mol. The minimum atomic E-state index is -0.349. The van der Waals surface area contributed by atoms with Gasteiger partial charge in [-0.1, -0.05) is 42.5 Å². The van der Waals surface area contributed by atoms with Crippen LogP contribution >= 0.6 is 22.6 Å². The summed E-state index contributed by atoms with van der Waals surface area (Å²) in [6, 6.07) is 36.1. The molecule has 0 unspecified atom stereocenters. The van der Waals surface area contributed by atoms with Gasteiger partial charge >= 0.3 is 5.97 Å². The summed E-state index contributed by atoms with van der Waals surface area (Å²) in [4.78, 5) is 16.2. The van der Waals surface area contributed by atoms with Gasteiger partial charge in [-0.15, -0.1) is 0 Å². The number of halogens is 1. The topological polar surface area (TPSA) is 26.3 Å². The summed E-state index contributed by atoms with van der Waals surface area (Å²) in [6.07, 6.45) is 0. The highest BCUT2D eigenvalue weighted by atomic mass is 127. The van der Waals surface area contributed by atoms with E-state index in [4.69, 9.17) is 4.74 Å². The van der Waals surface area contributed by atoms with Crippen LogP contribution in [0.25, 0.3) is 0 Å². The van der Waals surface area contributed by atoms with Crippen LogP contribution in [0.3, 0.4) is 0 Å². The molecule has 0 atom stereocenters. The van der Waals surface area contributed by atoms with E-state index in [2.05, 4.69) is 71.1 Å². The number of hydrogen-bond donors (Lipinski definition) is 0. The van der Waals surface area contributed by atoms with Gasteiger partial charge in [0.05, 0.1) is 16.5 Å². The Bertz CT molecular complexity index is 1060. The molecule has 4 rings (SSSR count). The number of carbonyl (C=O) groups is 1. The third-order valence-electron chi connectivity index (χ3n) is 4.29. The zero-order valence-corrected chi connectivity index (χ0v) is 18.5. The molecule has 0 aliphatic heterocycles. The van der Waals surface area contributed by atoms with Gasteiger partial charge in [-0.05, 0) is 89.3 Å². The van der Waals surface area contributed by atoms with E-state index >= 15 is 0 Å². The van der Waals surface area contributed by atoms with Crippen LogP contribution in [0, 0.1) is 3.57 Å². The maximum Gasteiger partial charge on any atom is 0.343 e. The predicted octanol–water partition coefficient (Wildman–Crippen LogP) is 6.61. The van der Waals surface area contributed by atoms with Gasteiger partial charge < -0.3 is 4.74 Å². The fourth-order valence-corrected chi connectivity index (χ4v) is 5.54. The van der Waals surface area contributed by atoms with Gasteiger partial charge in [-0.25, -0.2) is 4.79 Å². The second kappa shape index (κ2) is 9.29. The largest absolute Gasteiger partial charge is 0.423 e. The van der Waals surface area contributed by atoms with E-state index in [1.54, 1.807) is 6.07 Å². The Kier molecular flexibility index (Phi) is 6.32. The van der Waals surface area contributed by atoms with E-state index in [9.17, 15) is 4.79 Å². The number of rotatable bonds is 5. The van der Waals surface area contributed by atoms with E-state index in [1.807, 2.05) is 54.6 Å². The minimum Gasteiger partial charge on any atom is -0.423 e. The lowest BCUT2D eigenvalue weighted by atomic mass is 10.2. The summed E-state index contributed by atoms with van der Waals surface area (Å²) < 4.78 is 6.54. The highest BCUT2D eigenvalue weighted by Gasteiger charge is 2.28.